The van der Waals surface area contributed by atoms with E-state index in [-0.39, 0.29) is 40.9 Å². The minimum Gasteiger partial charge on any atom is -0.497 e. The lowest BCUT2D eigenvalue weighted by Gasteiger charge is -2.30. The molecule has 0 bridgehead atoms. The van der Waals surface area contributed by atoms with E-state index in [9.17, 15) is 23.3 Å². The van der Waals surface area contributed by atoms with Gasteiger partial charge in [-0.3, -0.25) is 10.1 Å². The van der Waals surface area contributed by atoms with Crippen LogP contribution in [0.25, 0.3) is 0 Å². The monoisotopic (exact) mass is 632 g/mol. The highest BCUT2D eigenvalue weighted by Gasteiger charge is 2.59. The van der Waals surface area contributed by atoms with E-state index in [1.807, 2.05) is 0 Å². The first kappa shape index (κ1) is 30.8. The molecule has 1 aliphatic rings. The number of pyridine rings is 1. The van der Waals surface area contributed by atoms with E-state index in [4.69, 9.17) is 18.9 Å². The topological polar surface area (TPSA) is 157 Å². The number of rotatable bonds is 9. The van der Waals surface area contributed by atoms with Gasteiger partial charge >= 0.3 is 6.09 Å². The Labute approximate surface area is 257 Å². The summed E-state index contributed by atoms with van der Waals surface area (Å²) in [6.45, 7) is 1.73. The van der Waals surface area contributed by atoms with Crippen LogP contribution in [0.2, 0.25) is 0 Å². The number of benzene rings is 3. The SMILES string of the molecule is CCOc1ncccc1C1(NC(=O)Oc2ccccc2)C(=O)N(S(=O)(=O)c2ccc(OC)cc2OC)c2cc(F)c(C#N)cc21. The number of ether oxygens (including phenoxy) is 4. The molecule has 1 N–H and O–H groups in total. The molecule has 2 heterocycles. The van der Waals surface area contributed by atoms with Gasteiger partial charge in [0.1, 0.15) is 34.0 Å². The molecule has 2 amide bonds. The van der Waals surface area contributed by atoms with Crippen molar-refractivity contribution in [2.75, 3.05) is 25.1 Å². The lowest BCUT2D eigenvalue weighted by atomic mass is 9.83. The van der Waals surface area contributed by atoms with Gasteiger partial charge < -0.3 is 18.9 Å². The number of hydrogen-bond donors (Lipinski definition) is 1. The summed E-state index contributed by atoms with van der Waals surface area (Å²) >= 11 is 0. The Morgan fingerprint density at radius 3 is 2.44 bits per heavy atom. The highest BCUT2D eigenvalue weighted by atomic mass is 32.2. The van der Waals surface area contributed by atoms with Crippen LogP contribution in [0.1, 0.15) is 23.6 Å². The van der Waals surface area contributed by atoms with E-state index in [0.717, 1.165) is 18.2 Å². The predicted octanol–water partition coefficient (Wildman–Crippen LogP) is 4.28. The van der Waals surface area contributed by atoms with E-state index < -0.39 is 49.5 Å². The number of hydrogen-bond acceptors (Lipinski definition) is 10. The summed E-state index contributed by atoms with van der Waals surface area (Å²) in [5, 5.41) is 12.2. The maximum absolute atomic E-state index is 15.2. The molecule has 230 valence electrons. The Morgan fingerprint density at radius 2 is 1.78 bits per heavy atom. The number of aromatic nitrogens is 1. The summed E-state index contributed by atoms with van der Waals surface area (Å²) < 4.78 is 65.9. The number of nitrogens with one attached hydrogen (secondary N) is 1. The predicted molar refractivity (Wildman–Crippen MR) is 157 cm³/mol. The summed E-state index contributed by atoms with van der Waals surface area (Å²) in [6.07, 6.45) is 0.198. The smallest absolute Gasteiger partial charge is 0.414 e. The molecule has 0 saturated carbocycles. The van der Waals surface area contributed by atoms with Gasteiger partial charge in [-0.25, -0.2) is 22.6 Å². The number of carbonyl (C=O) groups is 2. The molecular weight excluding hydrogens is 607 g/mol. The number of carbonyl (C=O) groups excluding carboxylic acids is 2. The third-order valence-corrected chi connectivity index (χ3v) is 8.66. The first-order valence-corrected chi connectivity index (χ1v) is 14.8. The zero-order chi connectivity index (χ0) is 32.4. The van der Waals surface area contributed by atoms with Crippen molar-refractivity contribution in [3.63, 3.8) is 0 Å². The van der Waals surface area contributed by atoms with Gasteiger partial charge in [0.2, 0.25) is 5.88 Å². The van der Waals surface area contributed by atoms with Crippen molar-refractivity contribution >= 4 is 27.7 Å². The van der Waals surface area contributed by atoms with E-state index in [2.05, 4.69) is 10.3 Å². The van der Waals surface area contributed by atoms with Crippen molar-refractivity contribution in [3.8, 4) is 29.2 Å². The van der Waals surface area contributed by atoms with E-state index in [0.29, 0.717) is 4.31 Å². The molecule has 0 aliphatic carbocycles. The van der Waals surface area contributed by atoms with Gasteiger partial charge in [0.05, 0.1) is 37.6 Å². The van der Waals surface area contributed by atoms with Gasteiger partial charge in [-0.1, -0.05) is 18.2 Å². The fraction of sp³-hybridized carbons (Fsp3) is 0.161. The largest absolute Gasteiger partial charge is 0.497 e. The molecule has 0 spiro atoms. The van der Waals surface area contributed by atoms with Crippen LogP contribution in [0.3, 0.4) is 0 Å². The maximum Gasteiger partial charge on any atom is 0.414 e. The number of amides is 2. The van der Waals surface area contributed by atoms with Gasteiger partial charge in [0.15, 0.2) is 5.54 Å². The van der Waals surface area contributed by atoms with Crippen LogP contribution in [0, 0.1) is 17.1 Å². The number of halogens is 1. The molecule has 5 rings (SSSR count). The van der Waals surface area contributed by atoms with Crippen LogP contribution in [-0.4, -0.2) is 46.2 Å². The highest BCUT2D eigenvalue weighted by Crippen LogP contribution is 2.50. The molecule has 12 nitrogen and oxygen atoms in total. The van der Waals surface area contributed by atoms with Gasteiger partial charge in [0, 0.05) is 23.9 Å². The normalized spacial score (nSPS) is 15.5. The zero-order valence-electron chi connectivity index (χ0n) is 24.1. The summed E-state index contributed by atoms with van der Waals surface area (Å²) in [5.74, 6) is -2.31. The average molecular weight is 633 g/mol. The fourth-order valence-electron chi connectivity index (χ4n) is 4.97. The van der Waals surface area contributed by atoms with E-state index in [1.54, 1.807) is 31.2 Å². The second kappa shape index (κ2) is 12.1. The van der Waals surface area contributed by atoms with Crippen molar-refractivity contribution in [2.45, 2.75) is 17.4 Å². The molecule has 45 heavy (non-hydrogen) atoms. The maximum atomic E-state index is 15.2. The Kier molecular flexibility index (Phi) is 8.30. The van der Waals surface area contributed by atoms with Crippen molar-refractivity contribution < 1.29 is 41.3 Å². The highest BCUT2D eigenvalue weighted by molar-refractivity contribution is 7.93. The standard InChI is InChI=1S/C31H25FN4O8S/c1-4-43-28-22(11-8-14-34-28)31(35-30(38)44-20-9-6-5-7-10-20)23-15-19(18-33)24(32)17-25(23)36(29(31)37)45(39,40)27-13-12-21(41-2)16-26(27)42-3/h5-17H,4H2,1-3H3,(H,35,38). The van der Waals surface area contributed by atoms with Gasteiger partial charge in [-0.2, -0.15) is 9.57 Å². The minimum absolute atomic E-state index is 0.0769. The lowest BCUT2D eigenvalue weighted by molar-refractivity contribution is -0.121. The first-order valence-electron chi connectivity index (χ1n) is 13.3. The fourth-order valence-corrected chi connectivity index (χ4v) is 6.57. The van der Waals surface area contributed by atoms with Crippen molar-refractivity contribution in [3.05, 3.63) is 102 Å². The Balaban J connectivity index is 1.81. The van der Waals surface area contributed by atoms with Gasteiger partial charge in [-0.05, 0) is 49.4 Å². The number of nitrogens with zero attached hydrogens (tertiary/aromatic N) is 3. The third-order valence-electron chi connectivity index (χ3n) is 6.92. The molecule has 4 aromatic rings. The van der Waals surface area contributed by atoms with Gasteiger partial charge in [-0.15, -0.1) is 0 Å². The number of nitriles is 1. The molecule has 1 atom stereocenters. The Hall–Kier alpha value is -5.68. The summed E-state index contributed by atoms with van der Waals surface area (Å²) in [7, 11) is -2.31. The van der Waals surface area contributed by atoms with Crippen molar-refractivity contribution in [1.29, 1.82) is 5.26 Å². The number of fused-ring (bicyclic) bond motifs is 1. The molecule has 3 aromatic carbocycles. The zero-order valence-corrected chi connectivity index (χ0v) is 24.9. The molecule has 1 aliphatic heterocycles. The first-order chi connectivity index (χ1) is 21.6. The van der Waals surface area contributed by atoms with Crippen LogP contribution in [-0.2, 0) is 20.4 Å². The number of para-hydroxylation sites is 1. The molecule has 1 aromatic heterocycles. The molecule has 0 saturated heterocycles. The molecule has 0 fully saturated rings. The molecule has 0 radical (unpaired) electrons. The second-order valence-corrected chi connectivity index (χ2v) is 11.2. The number of sulfonamides is 1. The summed E-state index contributed by atoms with van der Waals surface area (Å²) in [4.78, 5) is 32.0. The molecule has 14 heteroatoms. The molecular formula is C31H25FN4O8S. The van der Waals surface area contributed by atoms with Crippen LogP contribution in [0.4, 0.5) is 14.9 Å². The van der Waals surface area contributed by atoms with Crippen LogP contribution in [0.15, 0.2) is 83.9 Å². The Bertz CT molecular complexity index is 1950. The van der Waals surface area contributed by atoms with E-state index in [1.165, 1.54) is 56.8 Å². The van der Waals surface area contributed by atoms with Crippen LogP contribution >= 0.6 is 0 Å². The quantitative estimate of drug-likeness (QED) is 0.283. The van der Waals surface area contributed by atoms with Crippen molar-refractivity contribution in [2.24, 2.45) is 0 Å². The minimum atomic E-state index is -4.90. The second-order valence-electron chi connectivity index (χ2n) is 9.42. The number of anilines is 1. The summed E-state index contributed by atoms with van der Waals surface area (Å²) in [6, 6.07) is 18.0. The Morgan fingerprint density at radius 1 is 1.02 bits per heavy atom. The third kappa shape index (κ3) is 5.23. The average Bonchev–Trinajstić information content (AvgIpc) is 3.27. The van der Waals surface area contributed by atoms with Crippen LogP contribution in [0.5, 0.6) is 23.1 Å². The van der Waals surface area contributed by atoms with E-state index >= 15 is 4.39 Å². The number of methoxy groups -OCH3 is 2. The lowest BCUT2D eigenvalue weighted by Crippen LogP contribution is -2.55. The van der Waals surface area contributed by atoms with Gasteiger partial charge in [0.25, 0.3) is 15.9 Å². The van der Waals surface area contributed by atoms with Crippen molar-refractivity contribution in [1.82, 2.24) is 10.3 Å². The summed E-state index contributed by atoms with van der Waals surface area (Å²) in [5.41, 5.74) is -3.78. The van der Waals surface area contributed by atoms with Crippen LogP contribution < -0.4 is 28.6 Å². The molecule has 1 unspecified atom stereocenters.